The third kappa shape index (κ3) is 4.48. The van der Waals surface area contributed by atoms with Crippen LogP contribution in [0.2, 0.25) is 0 Å². The molecule has 0 saturated carbocycles. The van der Waals surface area contributed by atoms with Gasteiger partial charge in [0.25, 0.3) is 0 Å². The molecule has 0 aliphatic heterocycles. The van der Waals surface area contributed by atoms with Crippen molar-refractivity contribution in [2.75, 3.05) is 0 Å². The summed E-state index contributed by atoms with van der Waals surface area (Å²) in [6.45, 7) is 4.00. The van der Waals surface area contributed by atoms with Crippen molar-refractivity contribution >= 4 is 38.0 Å². The molecule has 0 radical (unpaired) electrons. The summed E-state index contributed by atoms with van der Waals surface area (Å²) < 4.78 is 0. The second kappa shape index (κ2) is 10.5. The zero-order chi connectivity index (χ0) is 24.9. The van der Waals surface area contributed by atoms with Crippen molar-refractivity contribution in [2.45, 2.75) is 20.3 Å². The predicted molar refractivity (Wildman–Crippen MR) is 158 cm³/mol. The van der Waals surface area contributed by atoms with Gasteiger partial charge in [0.15, 0.2) is 0 Å². The summed E-state index contributed by atoms with van der Waals surface area (Å²) >= 11 is 0. The van der Waals surface area contributed by atoms with Crippen LogP contribution in [0.15, 0.2) is 127 Å². The van der Waals surface area contributed by atoms with E-state index in [-0.39, 0.29) is 0 Å². The molecule has 0 bridgehead atoms. The van der Waals surface area contributed by atoms with E-state index in [1.165, 1.54) is 49.0 Å². The highest BCUT2D eigenvalue weighted by Gasteiger charge is 2.08. The third-order valence-electron chi connectivity index (χ3n) is 6.67. The van der Waals surface area contributed by atoms with Gasteiger partial charge in [-0.1, -0.05) is 135 Å². The van der Waals surface area contributed by atoms with Crippen molar-refractivity contribution in [1.29, 1.82) is 0 Å². The molecular formula is C35H31N. The molecule has 0 fully saturated rings. The highest BCUT2D eigenvalue weighted by Crippen LogP contribution is 2.35. The largest absolute Gasteiger partial charge is 0.398 e. The summed E-state index contributed by atoms with van der Waals surface area (Å²) in [6, 6.07) is 43.1. The minimum Gasteiger partial charge on any atom is -0.398 e. The van der Waals surface area contributed by atoms with Gasteiger partial charge in [-0.15, -0.1) is 0 Å². The summed E-state index contributed by atoms with van der Waals surface area (Å²) in [7, 11) is 0. The number of benzene rings is 6. The van der Waals surface area contributed by atoms with Crippen LogP contribution in [0, 0.1) is 0 Å². The first-order valence-corrected chi connectivity index (χ1v) is 12.7. The maximum atomic E-state index is 6.53. The minimum atomic E-state index is 0.790. The molecule has 0 aliphatic rings. The summed E-state index contributed by atoms with van der Waals surface area (Å²) in [5, 5.41) is 7.80. The number of rotatable bonds is 4. The second-order valence-corrected chi connectivity index (χ2v) is 8.78. The number of fused-ring (bicyclic) bond motifs is 6. The number of hydrogen-bond acceptors (Lipinski definition) is 1. The van der Waals surface area contributed by atoms with E-state index < -0.39 is 0 Å². The smallest absolute Gasteiger partial charge is 0.0350 e. The monoisotopic (exact) mass is 465 g/mol. The molecular weight excluding hydrogens is 434 g/mol. The molecule has 0 aliphatic carbocycles. The topological polar surface area (TPSA) is 26.0 Å². The summed E-state index contributed by atoms with van der Waals surface area (Å²) in [6.07, 6.45) is 2.92. The van der Waals surface area contributed by atoms with E-state index in [1.807, 2.05) is 19.9 Å². The van der Waals surface area contributed by atoms with Crippen molar-refractivity contribution < 1.29 is 0 Å². The Morgan fingerprint density at radius 2 is 1.06 bits per heavy atom. The Kier molecular flexibility index (Phi) is 6.82. The fourth-order valence-electron chi connectivity index (χ4n) is 4.94. The first kappa shape index (κ1) is 23.4. The lowest BCUT2D eigenvalue weighted by atomic mass is 9.93. The van der Waals surface area contributed by atoms with Gasteiger partial charge >= 0.3 is 0 Å². The van der Waals surface area contributed by atoms with Crippen LogP contribution in [-0.2, 0) is 6.42 Å². The average Bonchev–Trinajstić information content (AvgIpc) is 2.97. The number of hydrogen-bond donors (Lipinski definition) is 1. The van der Waals surface area contributed by atoms with Crippen LogP contribution in [0.1, 0.15) is 25.0 Å². The Morgan fingerprint density at radius 3 is 1.69 bits per heavy atom. The van der Waals surface area contributed by atoms with Gasteiger partial charge < -0.3 is 5.73 Å². The fraction of sp³-hybridized carbons (Fsp3) is 0.0857. The van der Waals surface area contributed by atoms with Gasteiger partial charge in [0.2, 0.25) is 0 Å². The SMILES string of the molecule is CC.N/C(=C\Cc1ccc2c3ccccc3c3ccccc3c2c1)c1cccc(-c2ccccc2)c1. The Morgan fingerprint density at radius 1 is 0.528 bits per heavy atom. The molecule has 2 N–H and O–H groups in total. The Labute approximate surface area is 213 Å². The summed E-state index contributed by atoms with van der Waals surface area (Å²) in [5.41, 5.74) is 12.0. The Hall–Kier alpha value is -4.36. The molecule has 0 heterocycles. The molecule has 1 nitrogen and oxygen atoms in total. The minimum absolute atomic E-state index is 0.790. The van der Waals surface area contributed by atoms with Crippen LogP contribution < -0.4 is 5.73 Å². The zero-order valence-corrected chi connectivity index (χ0v) is 20.9. The van der Waals surface area contributed by atoms with Gasteiger partial charge in [0.05, 0.1) is 0 Å². The van der Waals surface area contributed by atoms with Crippen molar-refractivity contribution in [3.63, 3.8) is 0 Å². The van der Waals surface area contributed by atoms with Gasteiger partial charge in [-0.25, -0.2) is 0 Å². The Bertz CT molecular complexity index is 1640. The average molecular weight is 466 g/mol. The molecule has 176 valence electrons. The maximum Gasteiger partial charge on any atom is 0.0350 e. The van der Waals surface area contributed by atoms with E-state index in [9.17, 15) is 0 Å². The van der Waals surface area contributed by atoms with E-state index in [1.54, 1.807) is 0 Å². The van der Waals surface area contributed by atoms with Crippen molar-refractivity contribution in [3.05, 3.63) is 139 Å². The lowest BCUT2D eigenvalue weighted by molar-refractivity contribution is 1.27. The van der Waals surface area contributed by atoms with Crippen LogP contribution in [-0.4, -0.2) is 0 Å². The van der Waals surface area contributed by atoms with E-state index in [2.05, 4.69) is 121 Å². The Balaban J connectivity index is 0.00000130. The highest BCUT2D eigenvalue weighted by molar-refractivity contribution is 6.25. The van der Waals surface area contributed by atoms with Gasteiger partial charge in [0.1, 0.15) is 0 Å². The van der Waals surface area contributed by atoms with Crippen molar-refractivity contribution in [3.8, 4) is 11.1 Å². The van der Waals surface area contributed by atoms with E-state index in [4.69, 9.17) is 5.73 Å². The first-order valence-electron chi connectivity index (χ1n) is 12.7. The lowest BCUT2D eigenvalue weighted by Crippen LogP contribution is -1.98. The van der Waals surface area contributed by atoms with Crippen LogP contribution in [0.3, 0.4) is 0 Å². The van der Waals surface area contributed by atoms with Crippen LogP contribution in [0.5, 0.6) is 0 Å². The quantitative estimate of drug-likeness (QED) is 0.258. The molecule has 1 heteroatoms. The van der Waals surface area contributed by atoms with E-state index in [0.29, 0.717) is 0 Å². The second-order valence-electron chi connectivity index (χ2n) is 8.78. The van der Waals surface area contributed by atoms with Crippen molar-refractivity contribution in [1.82, 2.24) is 0 Å². The fourth-order valence-corrected chi connectivity index (χ4v) is 4.94. The summed E-state index contributed by atoms with van der Waals surface area (Å²) in [4.78, 5) is 0. The predicted octanol–water partition coefficient (Wildman–Crippen LogP) is 9.38. The van der Waals surface area contributed by atoms with Crippen LogP contribution in [0.4, 0.5) is 0 Å². The lowest BCUT2D eigenvalue weighted by Gasteiger charge is -2.11. The highest BCUT2D eigenvalue weighted by atomic mass is 14.6. The van der Waals surface area contributed by atoms with Gasteiger partial charge in [-0.2, -0.15) is 0 Å². The van der Waals surface area contributed by atoms with Crippen molar-refractivity contribution in [2.24, 2.45) is 5.73 Å². The first-order chi connectivity index (χ1) is 17.8. The molecule has 6 rings (SSSR count). The molecule has 0 saturated heterocycles. The van der Waals surface area contributed by atoms with E-state index >= 15 is 0 Å². The van der Waals surface area contributed by atoms with E-state index in [0.717, 1.165) is 17.7 Å². The third-order valence-corrected chi connectivity index (χ3v) is 6.67. The zero-order valence-electron chi connectivity index (χ0n) is 20.9. The molecule has 0 aromatic heterocycles. The van der Waals surface area contributed by atoms with Crippen LogP contribution >= 0.6 is 0 Å². The standard InChI is InChI=1S/C33H25N.C2H6/c34-33(26-12-8-11-25(22-26)24-9-2-1-3-10-24)20-18-23-17-19-31-29-15-5-4-13-27(29)28-14-6-7-16-30(28)32(31)21-23;1-2/h1-17,19-22H,18,34H2;1-2H3/b33-20-;. The molecule has 6 aromatic carbocycles. The molecule has 0 atom stereocenters. The molecule has 6 aromatic rings. The normalized spacial score (nSPS) is 11.4. The maximum absolute atomic E-state index is 6.53. The van der Waals surface area contributed by atoms with Gasteiger partial charge in [0, 0.05) is 5.70 Å². The molecule has 0 unspecified atom stereocenters. The van der Waals surface area contributed by atoms with Gasteiger partial charge in [-0.05, 0) is 67.1 Å². The molecule has 0 amide bonds. The number of nitrogens with two attached hydrogens (primary N) is 1. The van der Waals surface area contributed by atoms with Crippen LogP contribution in [0.25, 0.3) is 49.1 Å². The summed E-state index contributed by atoms with van der Waals surface area (Å²) in [5.74, 6) is 0. The van der Waals surface area contributed by atoms with Gasteiger partial charge in [-0.3, -0.25) is 0 Å². The number of allylic oxidation sites excluding steroid dienone is 1. The molecule has 36 heavy (non-hydrogen) atoms. The molecule has 0 spiro atoms.